The average Bonchev–Trinajstić information content (AvgIpc) is 2.63. The molecule has 0 aromatic heterocycles. The van der Waals surface area contributed by atoms with Gasteiger partial charge >= 0.3 is 0 Å². The highest BCUT2D eigenvalue weighted by Gasteiger charge is 2.28. The van der Waals surface area contributed by atoms with Crippen LogP contribution < -0.4 is 10.1 Å². The van der Waals surface area contributed by atoms with E-state index in [1.165, 1.54) is 6.26 Å². The number of fused-ring (bicyclic) bond motifs is 4. The number of carbonyl (C=O) groups is 1. The van der Waals surface area contributed by atoms with E-state index in [9.17, 15) is 4.79 Å². The number of ether oxygens (including phenoxy) is 1. The van der Waals surface area contributed by atoms with Crippen molar-refractivity contribution in [1.82, 2.24) is 0 Å². The summed E-state index contributed by atoms with van der Waals surface area (Å²) in [7, 11) is 0. The van der Waals surface area contributed by atoms with E-state index in [4.69, 9.17) is 4.74 Å². The molecule has 0 aliphatic carbocycles. The highest BCUT2D eigenvalue weighted by molar-refractivity contribution is 6.33. The first-order chi connectivity index (χ1) is 10.2. The minimum absolute atomic E-state index is 0.201. The Balaban J connectivity index is 1.97. The Morgan fingerprint density at radius 1 is 1.14 bits per heavy atom. The molecule has 4 nitrogen and oxygen atoms in total. The first-order valence-electron chi connectivity index (χ1n) is 6.70. The van der Waals surface area contributed by atoms with Crippen LogP contribution in [0.15, 0.2) is 59.3 Å². The van der Waals surface area contributed by atoms with Crippen molar-refractivity contribution < 1.29 is 9.53 Å². The van der Waals surface area contributed by atoms with Gasteiger partial charge in [-0.1, -0.05) is 18.2 Å². The number of amides is 1. The third-order valence-corrected chi connectivity index (χ3v) is 3.58. The van der Waals surface area contributed by atoms with E-state index >= 15 is 0 Å². The molecule has 2 aliphatic rings. The number of nitrogens with zero attached hydrogens (tertiary/aromatic N) is 1. The van der Waals surface area contributed by atoms with Gasteiger partial charge in [0.05, 0.1) is 17.1 Å². The van der Waals surface area contributed by atoms with Crippen molar-refractivity contribution in [3.8, 4) is 5.75 Å². The van der Waals surface area contributed by atoms with E-state index in [0.29, 0.717) is 17.0 Å². The van der Waals surface area contributed by atoms with Crippen LogP contribution in [0.1, 0.15) is 11.1 Å². The van der Waals surface area contributed by atoms with E-state index in [-0.39, 0.29) is 5.91 Å². The van der Waals surface area contributed by atoms with Crippen molar-refractivity contribution in [2.45, 2.75) is 6.92 Å². The van der Waals surface area contributed by atoms with Crippen LogP contribution in [0.25, 0.3) is 0 Å². The lowest BCUT2D eigenvalue weighted by Gasteiger charge is -2.17. The lowest BCUT2D eigenvalue weighted by molar-refractivity contribution is -0.112. The van der Waals surface area contributed by atoms with Crippen molar-refractivity contribution in [3.05, 3.63) is 65.4 Å². The molecule has 21 heavy (non-hydrogen) atoms. The van der Waals surface area contributed by atoms with Crippen LogP contribution in [-0.4, -0.2) is 11.6 Å². The molecule has 2 aliphatic heterocycles. The van der Waals surface area contributed by atoms with E-state index in [1.807, 2.05) is 49.4 Å². The fourth-order valence-electron chi connectivity index (χ4n) is 2.53. The first-order valence-corrected chi connectivity index (χ1v) is 6.70. The summed E-state index contributed by atoms with van der Waals surface area (Å²) in [6.07, 6.45) is 1.47. The largest absolute Gasteiger partial charge is 0.463 e. The minimum atomic E-state index is -0.201. The Labute approximate surface area is 121 Å². The molecule has 2 aromatic carbocycles. The van der Waals surface area contributed by atoms with Gasteiger partial charge in [-0.25, -0.2) is 4.99 Å². The highest BCUT2D eigenvalue weighted by atomic mass is 16.5. The molecule has 0 saturated carbocycles. The lowest BCUT2D eigenvalue weighted by atomic mass is 10.00. The van der Waals surface area contributed by atoms with Crippen molar-refractivity contribution in [2.75, 3.05) is 5.32 Å². The number of benzene rings is 2. The van der Waals surface area contributed by atoms with Crippen LogP contribution in [0.3, 0.4) is 0 Å². The second-order valence-electron chi connectivity index (χ2n) is 5.08. The topological polar surface area (TPSA) is 50.7 Å². The van der Waals surface area contributed by atoms with Gasteiger partial charge in [-0.2, -0.15) is 0 Å². The summed E-state index contributed by atoms with van der Waals surface area (Å²) in [5, 5.41) is 2.89. The van der Waals surface area contributed by atoms with Gasteiger partial charge in [0.15, 0.2) is 0 Å². The van der Waals surface area contributed by atoms with Crippen LogP contribution in [-0.2, 0) is 4.79 Å². The number of anilines is 1. The lowest BCUT2D eigenvalue weighted by Crippen LogP contribution is -2.23. The molecule has 1 N–H and O–H groups in total. The van der Waals surface area contributed by atoms with Crippen LogP contribution in [0, 0.1) is 6.92 Å². The predicted molar refractivity (Wildman–Crippen MR) is 81.2 cm³/mol. The maximum absolute atomic E-state index is 12.4. The number of hydrogen-bond donors (Lipinski definition) is 1. The number of aryl methyl sites for hydroxylation is 1. The molecule has 4 heteroatoms. The van der Waals surface area contributed by atoms with Crippen LogP contribution in [0.4, 0.5) is 11.4 Å². The fraction of sp³-hybridized carbons (Fsp3) is 0.0588. The molecule has 102 valence electrons. The van der Waals surface area contributed by atoms with Gasteiger partial charge in [0.2, 0.25) is 0 Å². The van der Waals surface area contributed by atoms with Crippen molar-refractivity contribution in [3.63, 3.8) is 0 Å². The molecule has 4 rings (SSSR count). The van der Waals surface area contributed by atoms with Gasteiger partial charge < -0.3 is 10.1 Å². The summed E-state index contributed by atoms with van der Waals surface area (Å²) >= 11 is 0. The molecule has 1 amide bonds. The molecule has 2 aromatic rings. The second-order valence-corrected chi connectivity index (χ2v) is 5.08. The van der Waals surface area contributed by atoms with Crippen LogP contribution in [0.5, 0.6) is 5.75 Å². The SMILES string of the molecule is Cc1ccc2c(c1)NC(=O)C1=COc3ccccc3C1=N2. The van der Waals surface area contributed by atoms with Crippen LogP contribution >= 0.6 is 0 Å². The maximum Gasteiger partial charge on any atom is 0.261 e. The van der Waals surface area contributed by atoms with Gasteiger partial charge in [-0.15, -0.1) is 0 Å². The molecule has 0 fully saturated rings. The zero-order valence-electron chi connectivity index (χ0n) is 11.4. The van der Waals surface area contributed by atoms with Gasteiger partial charge in [0.25, 0.3) is 5.91 Å². The monoisotopic (exact) mass is 276 g/mol. The molecular weight excluding hydrogens is 264 g/mol. The number of para-hydroxylation sites is 1. The maximum atomic E-state index is 12.4. The van der Waals surface area contributed by atoms with Crippen molar-refractivity contribution in [2.24, 2.45) is 4.99 Å². The summed E-state index contributed by atoms with van der Waals surface area (Å²) in [5.41, 5.74) is 4.48. The van der Waals surface area contributed by atoms with Gasteiger partial charge in [-0.05, 0) is 36.8 Å². The average molecular weight is 276 g/mol. The number of nitrogens with one attached hydrogen (secondary N) is 1. The summed E-state index contributed by atoms with van der Waals surface area (Å²) in [5.74, 6) is 0.510. The zero-order valence-corrected chi connectivity index (χ0v) is 11.4. The first kappa shape index (κ1) is 11.9. The molecular formula is C17H12N2O2. The van der Waals surface area contributed by atoms with E-state index in [0.717, 1.165) is 22.5 Å². The van der Waals surface area contributed by atoms with E-state index in [2.05, 4.69) is 10.3 Å². The predicted octanol–water partition coefficient (Wildman–Crippen LogP) is 3.34. The number of hydrogen-bond acceptors (Lipinski definition) is 3. The zero-order chi connectivity index (χ0) is 14.4. The Hall–Kier alpha value is -2.88. The Kier molecular flexibility index (Phi) is 2.44. The molecule has 0 atom stereocenters. The fourth-order valence-corrected chi connectivity index (χ4v) is 2.53. The standard InChI is InChI=1S/C17H12N2O2/c1-10-6-7-13-14(8-10)19-17(20)12-9-21-15-5-3-2-4-11(15)16(12)18-13/h2-9H,1H3,(H,19,20). The van der Waals surface area contributed by atoms with Gasteiger partial charge in [-0.3, -0.25) is 4.79 Å². The molecule has 0 unspecified atom stereocenters. The normalized spacial score (nSPS) is 15.4. The number of aliphatic imine (C=N–C) groups is 1. The van der Waals surface area contributed by atoms with Gasteiger partial charge in [0.1, 0.15) is 17.6 Å². The Morgan fingerprint density at radius 3 is 2.90 bits per heavy atom. The highest BCUT2D eigenvalue weighted by Crippen LogP contribution is 2.35. The van der Waals surface area contributed by atoms with E-state index in [1.54, 1.807) is 0 Å². The second kappa shape index (κ2) is 4.31. The summed E-state index contributed by atoms with van der Waals surface area (Å²) in [6, 6.07) is 13.4. The smallest absolute Gasteiger partial charge is 0.261 e. The summed E-state index contributed by atoms with van der Waals surface area (Å²) < 4.78 is 5.54. The molecule has 0 saturated heterocycles. The Bertz CT molecular complexity index is 834. The summed E-state index contributed by atoms with van der Waals surface area (Å²) in [6.45, 7) is 1.98. The summed E-state index contributed by atoms with van der Waals surface area (Å²) in [4.78, 5) is 17.1. The molecule has 0 bridgehead atoms. The van der Waals surface area contributed by atoms with Gasteiger partial charge in [0, 0.05) is 5.56 Å². The van der Waals surface area contributed by atoms with E-state index < -0.39 is 0 Å². The third kappa shape index (κ3) is 1.84. The van der Waals surface area contributed by atoms with Crippen molar-refractivity contribution in [1.29, 1.82) is 0 Å². The third-order valence-electron chi connectivity index (χ3n) is 3.58. The number of carbonyl (C=O) groups excluding carboxylic acids is 1. The Morgan fingerprint density at radius 2 is 2.00 bits per heavy atom. The van der Waals surface area contributed by atoms with Crippen molar-refractivity contribution >= 4 is 23.0 Å². The molecule has 0 spiro atoms. The molecule has 0 radical (unpaired) electrons. The quantitative estimate of drug-likeness (QED) is 0.802. The minimum Gasteiger partial charge on any atom is -0.463 e. The van der Waals surface area contributed by atoms with Crippen LogP contribution in [0.2, 0.25) is 0 Å². The molecule has 2 heterocycles. The number of rotatable bonds is 0.